The zero-order valence-electron chi connectivity index (χ0n) is 25.5. The molecule has 3 heterocycles. The fourth-order valence-corrected chi connectivity index (χ4v) is 5.75. The minimum absolute atomic E-state index is 0.0876. The summed E-state index contributed by atoms with van der Waals surface area (Å²) in [5, 5.41) is 0. The van der Waals surface area contributed by atoms with Gasteiger partial charge < -0.3 is 0 Å². The van der Waals surface area contributed by atoms with Gasteiger partial charge in [-0.2, -0.15) is 0 Å². The van der Waals surface area contributed by atoms with Gasteiger partial charge in [-0.1, -0.05) is 133 Å². The summed E-state index contributed by atoms with van der Waals surface area (Å²) in [6.07, 6.45) is 0. The Morgan fingerprint density at radius 2 is 0.583 bits per heavy atom. The second-order valence-corrected chi connectivity index (χ2v) is 11.1. The molecule has 0 spiro atoms. The molecular formula is C40H26N6O2. The van der Waals surface area contributed by atoms with Crippen LogP contribution in [0.3, 0.4) is 0 Å². The topological polar surface area (TPSA) is 95.6 Å². The third-order valence-corrected chi connectivity index (χ3v) is 8.06. The van der Waals surface area contributed by atoms with Crippen LogP contribution in [-0.4, -0.2) is 29.1 Å². The molecule has 8 aromatic rings. The second-order valence-electron chi connectivity index (χ2n) is 11.1. The zero-order chi connectivity index (χ0) is 32.5. The predicted octanol–water partition coefficient (Wildman–Crippen LogP) is 7.39. The summed E-state index contributed by atoms with van der Waals surface area (Å²) in [7, 11) is 0. The molecule has 48 heavy (non-hydrogen) atoms. The van der Waals surface area contributed by atoms with E-state index in [0.717, 1.165) is 22.3 Å². The van der Waals surface area contributed by atoms with E-state index in [-0.39, 0.29) is 11.9 Å². The molecule has 0 aliphatic heterocycles. The van der Waals surface area contributed by atoms with E-state index in [1.165, 1.54) is 9.13 Å². The lowest BCUT2D eigenvalue weighted by molar-refractivity contribution is 0.839. The summed E-state index contributed by atoms with van der Waals surface area (Å²) < 4.78 is 2.57. The van der Waals surface area contributed by atoms with E-state index in [4.69, 9.17) is 19.9 Å². The molecular weight excluding hydrogens is 596 g/mol. The van der Waals surface area contributed by atoms with Crippen molar-refractivity contribution in [2.75, 3.05) is 0 Å². The summed E-state index contributed by atoms with van der Waals surface area (Å²) in [5.74, 6) is 0.175. The molecule has 8 nitrogen and oxygen atoms in total. The Kier molecular flexibility index (Phi) is 7.28. The number of hydrogen-bond acceptors (Lipinski definition) is 6. The molecule has 0 N–H and O–H groups in total. The molecule has 0 bridgehead atoms. The Balaban J connectivity index is 1.40. The lowest BCUT2D eigenvalue weighted by atomic mass is 10.1. The Hall–Kier alpha value is -6.80. The number of para-hydroxylation sites is 2. The van der Waals surface area contributed by atoms with Crippen LogP contribution in [0.15, 0.2) is 167 Å². The molecule has 8 rings (SSSR count). The minimum atomic E-state index is -0.826. The maximum absolute atomic E-state index is 14.3. The van der Waals surface area contributed by atoms with Crippen LogP contribution in [0.1, 0.15) is 0 Å². The predicted molar refractivity (Wildman–Crippen MR) is 188 cm³/mol. The third-order valence-electron chi connectivity index (χ3n) is 8.06. The summed E-state index contributed by atoms with van der Waals surface area (Å²) in [4.78, 5) is 47.9. The third kappa shape index (κ3) is 5.27. The van der Waals surface area contributed by atoms with Crippen molar-refractivity contribution in [3.63, 3.8) is 0 Å². The van der Waals surface area contributed by atoms with Crippen molar-refractivity contribution in [1.82, 2.24) is 29.1 Å². The number of fused-ring (bicyclic) bond motifs is 1. The summed E-state index contributed by atoms with van der Waals surface area (Å²) >= 11 is 0. The van der Waals surface area contributed by atoms with Gasteiger partial charge in [0.25, 0.3) is 0 Å². The lowest BCUT2D eigenvalue weighted by Gasteiger charge is -2.16. The summed E-state index contributed by atoms with van der Waals surface area (Å²) in [6, 6.07) is 49.6. The number of nitrogens with zero attached hydrogens (tertiary/aromatic N) is 6. The van der Waals surface area contributed by atoms with Crippen LogP contribution >= 0.6 is 0 Å². The van der Waals surface area contributed by atoms with E-state index in [0.29, 0.717) is 33.8 Å². The Labute approximate surface area is 275 Å². The second kappa shape index (κ2) is 12.2. The first-order valence-corrected chi connectivity index (χ1v) is 15.4. The molecule has 0 amide bonds. The first-order chi connectivity index (χ1) is 23.6. The number of aromatic nitrogens is 6. The summed E-state index contributed by atoms with van der Waals surface area (Å²) in [6.45, 7) is 0. The molecule has 3 aromatic heterocycles. The van der Waals surface area contributed by atoms with E-state index in [1.807, 2.05) is 146 Å². The smallest absolute Gasteiger partial charge is 0.262 e. The van der Waals surface area contributed by atoms with Gasteiger partial charge in [0.2, 0.25) is 11.9 Å². The van der Waals surface area contributed by atoms with Crippen molar-refractivity contribution < 1.29 is 0 Å². The molecule has 0 fully saturated rings. The highest BCUT2D eigenvalue weighted by atomic mass is 16.2. The van der Waals surface area contributed by atoms with E-state index in [2.05, 4.69) is 0 Å². The molecule has 0 radical (unpaired) electrons. The normalized spacial score (nSPS) is 11.1. The molecule has 0 saturated carbocycles. The van der Waals surface area contributed by atoms with E-state index in [9.17, 15) is 9.59 Å². The van der Waals surface area contributed by atoms with Gasteiger partial charge in [0.05, 0.1) is 33.8 Å². The van der Waals surface area contributed by atoms with Crippen molar-refractivity contribution >= 4 is 11.0 Å². The van der Waals surface area contributed by atoms with Crippen molar-refractivity contribution in [1.29, 1.82) is 0 Å². The van der Waals surface area contributed by atoms with Crippen molar-refractivity contribution in [2.24, 2.45) is 0 Å². The van der Waals surface area contributed by atoms with Crippen LogP contribution in [-0.2, 0) is 0 Å². The highest BCUT2D eigenvalue weighted by Gasteiger charge is 2.21. The average molecular weight is 623 g/mol. The fourth-order valence-electron chi connectivity index (χ4n) is 5.75. The van der Waals surface area contributed by atoms with Gasteiger partial charge in [-0.3, -0.25) is 9.59 Å². The molecule has 8 heteroatoms. The SMILES string of the molecule is O=c1c(=O)n(-c2nc(-c3ccccc3)cc(-c3ccccc3)n2)c2ccccc2n1-c1nc(-c2ccccc2)cc(-c2ccccc2)n1. The monoisotopic (exact) mass is 622 g/mol. The minimum Gasteiger partial charge on any atom is -0.262 e. The number of hydrogen-bond donors (Lipinski definition) is 0. The molecule has 0 aliphatic carbocycles. The molecule has 5 aromatic carbocycles. The van der Waals surface area contributed by atoms with Gasteiger partial charge in [0.1, 0.15) is 0 Å². The molecule has 0 saturated heterocycles. The fraction of sp³-hybridized carbons (Fsp3) is 0. The maximum Gasteiger partial charge on any atom is 0.324 e. The highest BCUT2D eigenvalue weighted by molar-refractivity contribution is 5.79. The van der Waals surface area contributed by atoms with Gasteiger partial charge in [0, 0.05) is 22.3 Å². The van der Waals surface area contributed by atoms with Crippen LogP contribution in [0.5, 0.6) is 0 Å². The first-order valence-electron chi connectivity index (χ1n) is 15.4. The quantitative estimate of drug-likeness (QED) is 0.180. The number of benzene rings is 5. The van der Waals surface area contributed by atoms with Gasteiger partial charge in [-0.05, 0) is 24.3 Å². The molecule has 0 aliphatic rings. The Morgan fingerprint density at radius 3 is 0.854 bits per heavy atom. The van der Waals surface area contributed by atoms with E-state index < -0.39 is 11.1 Å². The first kappa shape index (κ1) is 28.7. The van der Waals surface area contributed by atoms with Crippen molar-refractivity contribution in [3.8, 4) is 56.9 Å². The highest BCUT2D eigenvalue weighted by Crippen LogP contribution is 2.28. The van der Waals surface area contributed by atoms with E-state index >= 15 is 0 Å². The van der Waals surface area contributed by atoms with Gasteiger partial charge in [-0.15, -0.1) is 0 Å². The van der Waals surface area contributed by atoms with Gasteiger partial charge >= 0.3 is 11.1 Å². The van der Waals surface area contributed by atoms with Gasteiger partial charge in [0.15, 0.2) is 0 Å². The Bertz CT molecular complexity index is 2240. The van der Waals surface area contributed by atoms with Crippen LogP contribution in [0.4, 0.5) is 0 Å². The van der Waals surface area contributed by atoms with Gasteiger partial charge in [-0.25, -0.2) is 29.1 Å². The largest absolute Gasteiger partial charge is 0.324 e. The molecule has 0 atom stereocenters. The Morgan fingerprint density at radius 1 is 0.333 bits per heavy atom. The number of rotatable bonds is 6. The van der Waals surface area contributed by atoms with Crippen LogP contribution in [0.25, 0.3) is 68.0 Å². The maximum atomic E-state index is 14.3. The zero-order valence-corrected chi connectivity index (χ0v) is 25.5. The van der Waals surface area contributed by atoms with Crippen LogP contribution in [0, 0.1) is 0 Å². The lowest BCUT2D eigenvalue weighted by Crippen LogP contribution is -2.41. The van der Waals surface area contributed by atoms with Crippen LogP contribution in [0.2, 0.25) is 0 Å². The molecule has 0 unspecified atom stereocenters. The van der Waals surface area contributed by atoms with Crippen molar-refractivity contribution in [2.45, 2.75) is 0 Å². The molecule has 228 valence electrons. The average Bonchev–Trinajstić information content (AvgIpc) is 3.16. The van der Waals surface area contributed by atoms with Crippen LogP contribution < -0.4 is 11.1 Å². The van der Waals surface area contributed by atoms with Crippen molar-refractivity contribution in [3.05, 3.63) is 178 Å². The van der Waals surface area contributed by atoms with E-state index in [1.54, 1.807) is 12.1 Å². The summed E-state index contributed by atoms with van der Waals surface area (Å²) in [5.41, 5.74) is 5.08. The standard InChI is InChI=1S/C40H26N6O2/c47-37-38(48)46(40-43-33(29-19-9-3-10-20-29)26-34(44-40)30-21-11-4-12-22-30)36-24-14-13-23-35(36)45(37)39-41-31(27-15-5-1-6-16-27)25-32(42-39)28-17-7-2-8-18-28/h1-26H.